The van der Waals surface area contributed by atoms with Crippen molar-refractivity contribution in [2.24, 2.45) is 0 Å². The molecule has 0 amide bonds. The third-order valence-electron chi connectivity index (χ3n) is 3.08. The number of rotatable bonds is 3. The summed E-state index contributed by atoms with van der Waals surface area (Å²) in [5, 5.41) is 1.47. The molecule has 21 heavy (non-hydrogen) atoms. The first-order valence-corrected chi connectivity index (χ1v) is 7.75. The Kier molecular flexibility index (Phi) is 3.27. The summed E-state index contributed by atoms with van der Waals surface area (Å²) >= 11 is 0. The van der Waals surface area contributed by atoms with Crippen LogP contribution in [0.25, 0.3) is 10.8 Å². The molecule has 0 unspecified atom stereocenters. The summed E-state index contributed by atoms with van der Waals surface area (Å²) in [6.45, 7) is 0. The van der Waals surface area contributed by atoms with Gasteiger partial charge >= 0.3 is 10.1 Å². The van der Waals surface area contributed by atoms with E-state index in [-0.39, 0.29) is 10.6 Å². The van der Waals surface area contributed by atoms with Crippen LogP contribution in [0.3, 0.4) is 0 Å². The molecule has 2 N–H and O–H groups in total. The molecule has 3 aromatic carbocycles. The lowest BCUT2D eigenvalue weighted by Crippen LogP contribution is -2.10. The Bertz CT molecular complexity index is 899. The van der Waals surface area contributed by atoms with Crippen LogP contribution >= 0.6 is 0 Å². The van der Waals surface area contributed by atoms with E-state index in [4.69, 9.17) is 9.92 Å². The van der Waals surface area contributed by atoms with Gasteiger partial charge in [0.2, 0.25) is 0 Å². The second-order valence-electron chi connectivity index (χ2n) is 4.59. The second kappa shape index (κ2) is 5.10. The number of fused-ring (bicyclic) bond motifs is 1. The normalized spacial score (nSPS) is 11.4. The van der Waals surface area contributed by atoms with Gasteiger partial charge in [0.15, 0.2) is 0 Å². The van der Waals surface area contributed by atoms with Crippen LogP contribution in [0.2, 0.25) is 0 Å². The fraction of sp³-hybridized carbons (Fsp3) is 0. The summed E-state index contributed by atoms with van der Waals surface area (Å²) in [6, 6.07) is 18.7. The van der Waals surface area contributed by atoms with Crippen LogP contribution in [0, 0.1) is 0 Å². The van der Waals surface area contributed by atoms with E-state index in [9.17, 15) is 8.42 Å². The van der Waals surface area contributed by atoms with E-state index in [2.05, 4.69) is 0 Å². The van der Waals surface area contributed by atoms with Crippen LogP contribution in [0.15, 0.2) is 71.6 Å². The minimum atomic E-state index is -3.91. The first-order valence-electron chi connectivity index (χ1n) is 6.34. The quantitative estimate of drug-likeness (QED) is 0.595. The van der Waals surface area contributed by atoms with Gasteiger partial charge in [0, 0.05) is 17.1 Å². The van der Waals surface area contributed by atoms with E-state index in [1.807, 2.05) is 18.2 Å². The predicted octanol–water partition coefficient (Wildman–Crippen LogP) is 3.19. The van der Waals surface area contributed by atoms with E-state index in [0.29, 0.717) is 11.1 Å². The maximum atomic E-state index is 12.5. The van der Waals surface area contributed by atoms with Crippen LogP contribution < -0.4 is 9.92 Å². The average molecular weight is 299 g/mol. The highest BCUT2D eigenvalue weighted by atomic mass is 32.2. The number of benzene rings is 3. The van der Waals surface area contributed by atoms with Crippen molar-refractivity contribution in [3.63, 3.8) is 0 Å². The third kappa shape index (κ3) is 2.68. The van der Waals surface area contributed by atoms with Gasteiger partial charge in [-0.3, -0.25) is 0 Å². The maximum absolute atomic E-state index is 12.5. The SMILES string of the molecule is Nc1cccc(OS(=O)(=O)c2cccc3ccccc23)c1. The van der Waals surface area contributed by atoms with Crippen molar-refractivity contribution in [3.8, 4) is 5.75 Å². The molecule has 0 atom stereocenters. The van der Waals surface area contributed by atoms with Crippen molar-refractivity contribution in [1.29, 1.82) is 0 Å². The fourth-order valence-corrected chi connectivity index (χ4v) is 3.30. The van der Waals surface area contributed by atoms with Crippen molar-refractivity contribution >= 4 is 26.6 Å². The van der Waals surface area contributed by atoms with Gasteiger partial charge in [-0.25, -0.2) is 0 Å². The van der Waals surface area contributed by atoms with Crippen LogP contribution in [0.5, 0.6) is 5.75 Å². The first-order chi connectivity index (χ1) is 10.1. The third-order valence-corrected chi connectivity index (χ3v) is 4.39. The number of nitrogen functional groups attached to an aromatic ring is 1. The Morgan fingerprint density at radius 3 is 2.38 bits per heavy atom. The van der Waals surface area contributed by atoms with Crippen molar-refractivity contribution in [2.75, 3.05) is 5.73 Å². The molecule has 5 heteroatoms. The van der Waals surface area contributed by atoms with Crippen LogP contribution in [-0.2, 0) is 10.1 Å². The first kappa shape index (κ1) is 13.5. The molecule has 4 nitrogen and oxygen atoms in total. The zero-order valence-corrected chi connectivity index (χ0v) is 11.9. The molecule has 0 saturated carbocycles. The second-order valence-corrected chi connectivity index (χ2v) is 6.10. The van der Waals surface area contributed by atoms with Crippen molar-refractivity contribution in [2.45, 2.75) is 4.90 Å². The average Bonchev–Trinajstić information content (AvgIpc) is 2.46. The molecule has 0 aromatic heterocycles. The molecule has 3 rings (SSSR count). The van der Waals surface area contributed by atoms with Crippen molar-refractivity contribution in [1.82, 2.24) is 0 Å². The van der Waals surface area contributed by atoms with Gasteiger partial charge in [-0.1, -0.05) is 42.5 Å². The van der Waals surface area contributed by atoms with E-state index in [0.717, 1.165) is 5.39 Å². The highest BCUT2D eigenvalue weighted by molar-refractivity contribution is 7.87. The molecule has 3 aromatic rings. The minimum Gasteiger partial charge on any atom is -0.399 e. The highest BCUT2D eigenvalue weighted by Crippen LogP contribution is 2.26. The van der Waals surface area contributed by atoms with E-state index in [1.165, 1.54) is 12.1 Å². The Balaban J connectivity index is 2.09. The molecular formula is C16H13NO3S. The molecule has 0 saturated heterocycles. The molecule has 0 bridgehead atoms. The zero-order chi connectivity index (χ0) is 14.9. The van der Waals surface area contributed by atoms with Crippen molar-refractivity contribution < 1.29 is 12.6 Å². The number of nitrogens with two attached hydrogens (primary N) is 1. The van der Waals surface area contributed by atoms with Gasteiger partial charge in [0.25, 0.3) is 0 Å². The molecule has 0 aliphatic heterocycles. The molecule has 0 radical (unpaired) electrons. The molecule has 0 aliphatic carbocycles. The van der Waals surface area contributed by atoms with Gasteiger partial charge in [-0.15, -0.1) is 0 Å². The van der Waals surface area contributed by atoms with Gasteiger partial charge in [0.05, 0.1) is 0 Å². The van der Waals surface area contributed by atoms with Gasteiger partial charge in [-0.05, 0) is 23.6 Å². The van der Waals surface area contributed by atoms with Crippen LogP contribution in [-0.4, -0.2) is 8.42 Å². The number of hydrogen-bond donors (Lipinski definition) is 1. The summed E-state index contributed by atoms with van der Waals surface area (Å²) in [6.07, 6.45) is 0. The summed E-state index contributed by atoms with van der Waals surface area (Å²) in [7, 11) is -3.91. The lowest BCUT2D eigenvalue weighted by atomic mass is 10.1. The Morgan fingerprint density at radius 1 is 0.857 bits per heavy atom. The molecule has 0 fully saturated rings. The van der Waals surface area contributed by atoms with Crippen molar-refractivity contribution in [3.05, 3.63) is 66.7 Å². The van der Waals surface area contributed by atoms with E-state index >= 15 is 0 Å². The zero-order valence-electron chi connectivity index (χ0n) is 11.1. The molecule has 0 heterocycles. The van der Waals surface area contributed by atoms with Gasteiger partial charge < -0.3 is 9.92 Å². The molecule has 0 spiro atoms. The summed E-state index contributed by atoms with van der Waals surface area (Å²) < 4.78 is 30.1. The Morgan fingerprint density at radius 2 is 1.57 bits per heavy atom. The lowest BCUT2D eigenvalue weighted by Gasteiger charge is -2.09. The van der Waals surface area contributed by atoms with Crippen LogP contribution in [0.4, 0.5) is 5.69 Å². The molecule has 106 valence electrons. The van der Waals surface area contributed by atoms with E-state index in [1.54, 1.807) is 36.4 Å². The van der Waals surface area contributed by atoms with E-state index < -0.39 is 10.1 Å². The van der Waals surface area contributed by atoms with Crippen LogP contribution in [0.1, 0.15) is 0 Å². The summed E-state index contributed by atoms with van der Waals surface area (Å²) in [5.41, 5.74) is 6.08. The summed E-state index contributed by atoms with van der Waals surface area (Å²) in [4.78, 5) is 0.142. The Labute approximate surface area is 122 Å². The predicted molar refractivity (Wildman–Crippen MR) is 82.6 cm³/mol. The molecular weight excluding hydrogens is 286 g/mol. The highest BCUT2D eigenvalue weighted by Gasteiger charge is 2.19. The maximum Gasteiger partial charge on any atom is 0.339 e. The minimum absolute atomic E-state index is 0.142. The summed E-state index contributed by atoms with van der Waals surface area (Å²) in [5.74, 6) is 0.197. The monoisotopic (exact) mass is 299 g/mol. The topological polar surface area (TPSA) is 69.4 Å². The van der Waals surface area contributed by atoms with Gasteiger partial charge in [-0.2, -0.15) is 8.42 Å². The number of hydrogen-bond acceptors (Lipinski definition) is 4. The lowest BCUT2D eigenvalue weighted by molar-refractivity contribution is 0.487. The molecule has 0 aliphatic rings. The van der Waals surface area contributed by atoms with Gasteiger partial charge in [0.1, 0.15) is 10.6 Å². The number of anilines is 1. The Hall–Kier alpha value is -2.53. The standard InChI is InChI=1S/C16H13NO3S/c17-13-7-4-8-14(11-13)20-21(18,19)16-10-3-6-12-5-1-2-9-15(12)16/h1-11H,17H2. The largest absolute Gasteiger partial charge is 0.399 e. The fourth-order valence-electron chi connectivity index (χ4n) is 2.15. The smallest absolute Gasteiger partial charge is 0.339 e.